The summed E-state index contributed by atoms with van der Waals surface area (Å²) >= 11 is 0. The number of hydrogen-bond acceptors (Lipinski definition) is 2. The van der Waals surface area contributed by atoms with E-state index in [4.69, 9.17) is 0 Å². The van der Waals surface area contributed by atoms with Crippen molar-refractivity contribution in [3.05, 3.63) is 29.8 Å². The first-order chi connectivity index (χ1) is 9.15. The van der Waals surface area contributed by atoms with Gasteiger partial charge in [-0.1, -0.05) is 26.2 Å². The Morgan fingerprint density at radius 3 is 2.79 bits per heavy atom. The van der Waals surface area contributed by atoms with E-state index in [0.717, 1.165) is 6.42 Å². The molecule has 0 unspecified atom stereocenters. The number of carbonyl (C=O) groups is 1. The van der Waals surface area contributed by atoms with Crippen LogP contribution in [0.2, 0.25) is 0 Å². The molecule has 1 fully saturated rings. The second kappa shape index (κ2) is 6.13. The Labute approximate surface area is 113 Å². The van der Waals surface area contributed by atoms with Crippen molar-refractivity contribution in [1.29, 1.82) is 0 Å². The molecule has 0 aliphatic heterocycles. The molecule has 1 N–H and O–H groups in total. The Bertz CT molecular complexity index is 442. The molecule has 1 aliphatic carbocycles. The molecule has 1 aromatic rings. The maximum Gasteiger partial charge on any atom is 0.251 e. The summed E-state index contributed by atoms with van der Waals surface area (Å²) in [6.45, 7) is 2.87. The molecule has 104 valence electrons. The minimum atomic E-state index is -0.615. The van der Waals surface area contributed by atoms with E-state index in [1.807, 2.05) is 0 Å². The molecule has 4 heteroatoms. The lowest BCUT2D eigenvalue weighted by Crippen LogP contribution is -2.38. The molecular weight excluding hydrogens is 243 g/mol. The third-order valence-electron chi connectivity index (χ3n) is 4.28. The first kappa shape index (κ1) is 14.0. The highest BCUT2D eigenvalue weighted by Crippen LogP contribution is 2.38. The fourth-order valence-electron chi connectivity index (χ4n) is 2.87. The third kappa shape index (κ3) is 3.52. The van der Waals surface area contributed by atoms with Crippen LogP contribution in [0.1, 0.15) is 55.8 Å². The second-order valence-electron chi connectivity index (χ2n) is 5.46. The number of amides is 1. The number of halogens is 1. The zero-order valence-corrected chi connectivity index (χ0v) is 11.4. The third-order valence-corrected chi connectivity index (χ3v) is 4.28. The van der Waals surface area contributed by atoms with E-state index in [0.29, 0.717) is 12.1 Å². The van der Waals surface area contributed by atoms with Crippen LogP contribution in [-0.4, -0.2) is 17.4 Å². The van der Waals surface area contributed by atoms with E-state index in [1.165, 1.54) is 50.4 Å². The van der Waals surface area contributed by atoms with Gasteiger partial charge in [0.15, 0.2) is 0 Å². The van der Waals surface area contributed by atoms with Crippen molar-refractivity contribution in [2.75, 3.05) is 6.54 Å². The number of hydrogen-bond donors (Lipinski definition) is 1. The Hall–Kier alpha value is -1.45. The van der Waals surface area contributed by atoms with Gasteiger partial charge in [-0.2, -0.15) is 4.39 Å². The van der Waals surface area contributed by atoms with Gasteiger partial charge in [-0.3, -0.25) is 4.79 Å². The summed E-state index contributed by atoms with van der Waals surface area (Å²) in [7, 11) is 0. The average molecular weight is 264 g/mol. The summed E-state index contributed by atoms with van der Waals surface area (Å²) in [6, 6.07) is 2.72. The van der Waals surface area contributed by atoms with E-state index in [-0.39, 0.29) is 11.3 Å². The lowest BCUT2D eigenvalue weighted by Gasteiger charge is -2.36. The first-order valence-electron chi connectivity index (χ1n) is 7.05. The van der Waals surface area contributed by atoms with Gasteiger partial charge in [-0.05, 0) is 30.7 Å². The molecule has 1 saturated carbocycles. The average Bonchev–Trinajstić information content (AvgIpc) is 2.46. The van der Waals surface area contributed by atoms with Crippen LogP contribution >= 0.6 is 0 Å². The van der Waals surface area contributed by atoms with Gasteiger partial charge in [0, 0.05) is 24.4 Å². The number of nitrogens with one attached hydrogen (secondary N) is 1. The molecule has 0 spiro atoms. The van der Waals surface area contributed by atoms with Gasteiger partial charge < -0.3 is 5.32 Å². The highest BCUT2D eigenvalue weighted by atomic mass is 19.1. The number of aromatic nitrogens is 1. The molecule has 0 radical (unpaired) electrons. The topological polar surface area (TPSA) is 42.0 Å². The van der Waals surface area contributed by atoms with Crippen LogP contribution in [-0.2, 0) is 0 Å². The lowest BCUT2D eigenvalue weighted by molar-refractivity contribution is 0.0904. The van der Waals surface area contributed by atoms with Crippen molar-refractivity contribution in [3.8, 4) is 0 Å². The van der Waals surface area contributed by atoms with Gasteiger partial charge in [0.25, 0.3) is 5.91 Å². The summed E-state index contributed by atoms with van der Waals surface area (Å²) in [4.78, 5) is 15.4. The lowest BCUT2D eigenvalue weighted by atomic mass is 9.72. The molecule has 3 nitrogen and oxygen atoms in total. The van der Waals surface area contributed by atoms with Crippen molar-refractivity contribution in [1.82, 2.24) is 10.3 Å². The molecule has 0 aromatic carbocycles. The maximum absolute atomic E-state index is 13.0. The summed E-state index contributed by atoms with van der Waals surface area (Å²) in [6.07, 6.45) is 8.54. The van der Waals surface area contributed by atoms with Crippen LogP contribution in [0.5, 0.6) is 0 Å². The monoisotopic (exact) mass is 264 g/mol. The Morgan fingerprint density at radius 1 is 1.42 bits per heavy atom. The molecule has 0 atom stereocenters. The normalized spacial score (nSPS) is 18.0. The molecule has 1 aromatic heterocycles. The standard InChI is InChI=1S/C15H21FN2O/c1-2-15(7-4-3-5-8-15)11-18-14(19)12-6-9-17-13(16)10-12/h6,9-10H,2-5,7-8,11H2,1H3,(H,18,19). The fourth-order valence-corrected chi connectivity index (χ4v) is 2.87. The Morgan fingerprint density at radius 2 is 2.16 bits per heavy atom. The number of rotatable bonds is 4. The molecular formula is C15H21FN2O. The van der Waals surface area contributed by atoms with Crippen molar-refractivity contribution < 1.29 is 9.18 Å². The molecule has 1 amide bonds. The minimum Gasteiger partial charge on any atom is -0.351 e. The van der Waals surface area contributed by atoms with Crippen LogP contribution < -0.4 is 5.32 Å². The molecule has 0 bridgehead atoms. The van der Waals surface area contributed by atoms with Crippen molar-refractivity contribution in [3.63, 3.8) is 0 Å². The fraction of sp³-hybridized carbons (Fsp3) is 0.600. The quantitative estimate of drug-likeness (QED) is 0.848. The van der Waals surface area contributed by atoms with Crippen molar-refractivity contribution in [2.45, 2.75) is 45.4 Å². The summed E-state index contributed by atoms with van der Waals surface area (Å²) in [5.74, 6) is -0.824. The minimum absolute atomic E-state index is 0.209. The number of carbonyl (C=O) groups excluding carboxylic acids is 1. The van der Waals surface area contributed by atoms with E-state index in [1.54, 1.807) is 0 Å². The summed E-state index contributed by atoms with van der Waals surface area (Å²) < 4.78 is 13.0. The van der Waals surface area contributed by atoms with E-state index in [2.05, 4.69) is 17.2 Å². The van der Waals surface area contributed by atoms with Crippen LogP contribution in [0.4, 0.5) is 4.39 Å². The maximum atomic E-state index is 13.0. The van der Waals surface area contributed by atoms with E-state index >= 15 is 0 Å². The highest BCUT2D eigenvalue weighted by molar-refractivity contribution is 5.94. The van der Waals surface area contributed by atoms with Crippen LogP contribution in [0, 0.1) is 11.4 Å². The van der Waals surface area contributed by atoms with Gasteiger partial charge in [-0.15, -0.1) is 0 Å². The van der Waals surface area contributed by atoms with Crippen molar-refractivity contribution in [2.24, 2.45) is 5.41 Å². The van der Waals surface area contributed by atoms with E-state index < -0.39 is 5.95 Å². The van der Waals surface area contributed by atoms with Crippen LogP contribution in [0.25, 0.3) is 0 Å². The Balaban J connectivity index is 1.95. The SMILES string of the molecule is CCC1(CNC(=O)c2ccnc(F)c2)CCCCC1. The highest BCUT2D eigenvalue weighted by Gasteiger charge is 2.30. The predicted molar refractivity (Wildman–Crippen MR) is 72.3 cm³/mol. The van der Waals surface area contributed by atoms with Crippen molar-refractivity contribution >= 4 is 5.91 Å². The largest absolute Gasteiger partial charge is 0.351 e. The zero-order chi connectivity index (χ0) is 13.7. The number of pyridine rings is 1. The van der Waals surface area contributed by atoms with E-state index in [9.17, 15) is 9.18 Å². The molecule has 1 heterocycles. The molecule has 2 rings (SSSR count). The summed E-state index contributed by atoms with van der Waals surface area (Å²) in [5, 5.41) is 2.95. The van der Waals surface area contributed by atoms with Gasteiger partial charge >= 0.3 is 0 Å². The smallest absolute Gasteiger partial charge is 0.251 e. The van der Waals surface area contributed by atoms with Gasteiger partial charge in [0.2, 0.25) is 5.95 Å². The van der Waals surface area contributed by atoms with Gasteiger partial charge in [0.05, 0.1) is 0 Å². The molecule has 0 saturated heterocycles. The molecule has 1 aliphatic rings. The second-order valence-corrected chi connectivity index (χ2v) is 5.46. The predicted octanol–water partition coefficient (Wildman–Crippen LogP) is 3.31. The van der Waals surface area contributed by atoms with Crippen LogP contribution in [0.15, 0.2) is 18.3 Å². The first-order valence-corrected chi connectivity index (χ1v) is 7.05. The summed E-state index contributed by atoms with van der Waals surface area (Å²) in [5.41, 5.74) is 0.578. The van der Waals surface area contributed by atoms with Gasteiger partial charge in [0.1, 0.15) is 0 Å². The van der Waals surface area contributed by atoms with Crippen LogP contribution in [0.3, 0.4) is 0 Å². The molecule has 19 heavy (non-hydrogen) atoms. The Kier molecular flexibility index (Phi) is 4.51. The zero-order valence-electron chi connectivity index (χ0n) is 11.4. The van der Waals surface area contributed by atoms with Gasteiger partial charge in [-0.25, -0.2) is 4.98 Å². The number of nitrogens with zero attached hydrogens (tertiary/aromatic N) is 1.